The van der Waals surface area contributed by atoms with Gasteiger partial charge in [0, 0.05) is 6.42 Å². The number of rotatable bonds is 17. The van der Waals surface area contributed by atoms with Crippen molar-refractivity contribution in [2.45, 2.75) is 64.0 Å². The van der Waals surface area contributed by atoms with Crippen LogP contribution in [-0.4, -0.2) is 93.2 Å². The number of carboxylic acid groups (broad SMARTS) is 1. The van der Waals surface area contributed by atoms with Crippen LogP contribution in [0.1, 0.15) is 51.0 Å². The number of amides is 3. The molecule has 2 rings (SSSR count). The Morgan fingerprint density at radius 3 is 2.39 bits per heavy atom. The van der Waals surface area contributed by atoms with Crippen LogP contribution in [0, 0.1) is 5.92 Å². The third-order valence-electron chi connectivity index (χ3n) is 6.94. The first kappa shape index (κ1) is 34.1. The zero-order chi connectivity index (χ0) is 30.4. The molecule has 1 aromatic rings. The number of aliphatic carboxylic acids is 1. The Labute approximate surface area is 241 Å². The van der Waals surface area contributed by atoms with Gasteiger partial charge in [0.1, 0.15) is 11.8 Å². The van der Waals surface area contributed by atoms with E-state index in [2.05, 4.69) is 15.4 Å². The Morgan fingerprint density at radius 2 is 1.80 bits per heavy atom. The molecule has 0 radical (unpaired) electrons. The highest BCUT2D eigenvalue weighted by atomic mass is 32.2. The van der Waals surface area contributed by atoms with E-state index in [1.165, 1.54) is 7.11 Å². The molecule has 14 heteroatoms. The van der Waals surface area contributed by atoms with Gasteiger partial charge in [-0.3, -0.25) is 24.1 Å². The minimum atomic E-state index is -3.97. The number of nitrogens with one attached hydrogen (secondary N) is 3. The predicted octanol–water partition coefficient (Wildman–Crippen LogP) is -0.0111. The third-order valence-corrected chi connectivity index (χ3v) is 8.41. The molecule has 1 saturated heterocycles. The van der Waals surface area contributed by atoms with Crippen molar-refractivity contribution in [3.63, 3.8) is 0 Å². The van der Waals surface area contributed by atoms with Gasteiger partial charge in [0.05, 0.1) is 32.0 Å². The van der Waals surface area contributed by atoms with Crippen LogP contribution >= 0.6 is 0 Å². The molecule has 0 aliphatic carbocycles. The smallest absolute Gasteiger partial charge is 0.323 e. The van der Waals surface area contributed by atoms with Gasteiger partial charge in [0.2, 0.25) is 27.7 Å². The maximum atomic E-state index is 13.2. The van der Waals surface area contributed by atoms with Gasteiger partial charge in [-0.25, -0.2) is 8.42 Å². The Kier molecular flexibility index (Phi) is 14.2. The number of carbonyl (C=O) groups excluding carboxylic acids is 3. The minimum Gasteiger partial charge on any atom is -0.497 e. The van der Waals surface area contributed by atoms with Gasteiger partial charge in [-0.2, -0.15) is 4.72 Å². The zero-order valence-corrected chi connectivity index (χ0v) is 24.6. The topological polar surface area (TPSA) is 197 Å². The Hall–Kier alpha value is -3.07. The summed E-state index contributed by atoms with van der Waals surface area (Å²) in [7, 11) is -2.43. The van der Waals surface area contributed by atoms with Gasteiger partial charge in [-0.05, 0) is 68.8 Å². The number of methoxy groups -OCH3 is 1. The van der Waals surface area contributed by atoms with Gasteiger partial charge in [0.15, 0.2) is 0 Å². The van der Waals surface area contributed by atoms with E-state index < -0.39 is 58.9 Å². The van der Waals surface area contributed by atoms with Crippen molar-refractivity contribution >= 4 is 33.7 Å². The molecule has 1 aromatic carbocycles. The number of nitrogens with two attached hydrogens (primary N) is 1. The number of carboxylic acids is 1. The van der Waals surface area contributed by atoms with E-state index in [0.717, 1.165) is 36.4 Å². The molecule has 1 aliphatic heterocycles. The van der Waals surface area contributed by atoms with Gasteiger partial charge >= 0.3 is 5.97 Å². The summed E-state index contributed by atoms with van der Waals surface area (Å²) in [6, 6.07) is 4.24. The maximum absolute atomic E-state index is 13.2. The lowest BCUT2D eigenvalue weighted by Gasteiger charge is -2.27. The number of benzene rings is 1. The fourth-order valence-electron chi connectivity index (χ4n) is 4.43. The van der Waals surface area contributed by atoms with Gasteiger partial charge in [-0.1, -0.05) is 25.5 Å². The van der Waals surface area contributed by atoms with Gasteiger partial charge in [-0.15, -0.1) is 0 Å². The van der Waals surface area contributed by atoms with Crippen LogP contribution in [0.15, 0.2) is 24.3 Å². The van der Waals surface area contributed by atoms with Crippen LogP contribution in [0.25, 0.3) is 0 Å². The largest absolute Gasteiger partial charge is 0.497 e. The molecule has 41 heavy (non-hydrogen) atoms. The standard InChI is InChI=1S/C27H43N5O8S/c1-3-4-15-41(38,39)31-23(27(36)37)18-32(24(33)10-7-19-11-13-29-14-12-19)25(34)17-30-26(35)22(28)16-20-5-8-21(40-2)9-6-20/h5-6,8-9,19,22-23,29,31H,3-4,7,10-18,28H2,1-2H3,(H,30,35)(H,36,37)/t22-,23-/m0/s1. The first-order valence-corrected chi connectivity index (χ1v) is 15.5. The maximum Gasteiger partial charge on any atom is 0.323 e. The Bertz CT molecular complexity index is 1120. The first-order chi connectivity index (χ1) is 19.5. The average Bonchev–Trinajstić information content (AvgIpc) is 2.96. The molecule has 0 saturated carbocycles. The number of piperidine rings is 1. The lowest BCUT2D eigenvalue weighted by molar-refractivity contribution is -0.147. The normalized spacial score (nSPS) is 15.5. The highest BCUT2D eigenvalue weighted by molar-refractivity contribution is 7.89. The molecule has 0 spiro atoms. The van der Waals surface area contributed by atoms with Gasteiger partial charge in [0.25, 0.3) is 0 Å². The minimum absolute atomic E-state index is 0.0176. The van der Waals surface area contributed by atoms with E-state index in [1.54, 1.807) is 31.2 Å². The number of hydrogen-bond donors (Lipinski definition) is 5. The van der Waals surface area contributed by atoms with Crippen molar-refractivity contribution in [3.8, 4) is 5.75 Å². The van der Waals surface area contributed by atoms with Crippen molar-refractivity contribution in [2.24, 2.45) is 11.7 Å². The number of unbranched alkanes of at least 4 members (excludes halogenated alkanes) is 1. The van der Waals surface area contributed by atoms with Crippen molar-refractivity contribution < 1.29 is 37.4 Å². The average molecular weight is 598 g/mol. The van der Waals surface area contributed by atoms with Crippen molar-refractivity contribution in [3.05, 3.63) is 29.8 Å². The van der Waals surface area contributed by atoms with Crippen LogP contribution < -0.4 is 25.8 Å². The summed E-state index contributed by atoms with van der Waals surface area (Å²) in [6.07, 6.45) is 3.32. The van der Waals surface area contributed by atoms with E-state index in [-0.39, 0.29) is 24.5 Å². The summed E-state index contributed by atoms with van der Waals surface area (Å²) in [5.41, 5.74) is 6.78. The van der Waals surface area contributed by atoms with Crippen LogP contribution in [-0.2, 0) is 35.6 Å². The SMILES string of the molecule is CCCCS(=O)(=O)N[C@@H](CN(C(=O)CCC1CCNCC1)C(=O)CNC(=O)[C@@H](N)Cc1ccc(OC)cc1)C(=O)O. The second kappa shape index (κ2) is 17.0. The van der Waals surface area contributed by atoms with Crippen molar-refractivity contribution in [1.82, 2.24) is 20.3 Å². The van der Waals surface area contributed by atoms with Crippen LogP contribution in [0.4, 0.5) is 0 Å². The lowest BCUT2D eigenvalue weighted by Crippen LogP contribution is -2.54. The second-order valence-corrected chi connectivity index (χ2v) is 12.1. The van der Waals surface area contributed by atoms with E-state index in [1.807, 2.05) is 0 Å². The molecule has 13 nitrogen and oxygen atoms in total. The summed E-state index contributed by atoms with van der Waals surface area (Å²) in [5.74, 6) is -3.02. The van der Waals surface area contributed by atoms with Gasteiger partial charge < -0.3 is 26.2 Å². The molecule has 0 aromatic heterocycles. The molecule has 6 N–H and O–H groups in total. The second-order valence-electron chi connectivity index (χ2n) is 10.2. The van der Waals surface area contributed by atoms with Crippen molar-refractivity contribution in [1.29, 1.82) is 0 Å². The summed E-state index contributed by atoms with van der Waals surface area (Å²) in [6.45, 7) is 2.13. The Morgan fingerprint density at radius 1 is 1.15 bits per heavy atom. The number of carbonyl (C=O) groups is 4. The number of sulfonamides is 1. The molecular formula is C27H43N5O8S. The molecule has 1 heterocycles. The summed E-state index contributed by atoms with van der Waals surface area (Å²) >= 11 is 0. The summed E-state index contributed by atoms with van der Waals surface area (Å²) < 4.78 is 32.0. The van der Waals surface area contributed by atoms with E-state index in [4.69, 9.17) is 10.5 Å². The number of imide groups is 1. The Balaban J connectivity index is 2.09. The molecule has 0 bridgehead atoms. The lowest BCUT2D eigenvalue weighted by atomic mass is 9.93. The molecule has 1 aliphatic rings. The third kappa shape index (κ3) is 12.1. The van der Waals surface area contributed by atoms with E-state index in [0.29, 0.717) is 25.0 Å². The van der Waals surface area contributed by atoms with Crippen LogP contribution in [0.2, 0.25) is 0 Å². The molecule has 1 fully saturated rings. The summed E-state index contributed by atoms with van der Waals surface area (Å²) in [5, 5.41) is 15.4. The van der Waals surface area contributed by atoms with E-state index >= 15 is 0 Å². The monoisotopic (exact) mass is 597 g/mol. The quantitative estimate of drug-likeness (QED) is 0.163. The number of nitrogens with zero attached hydrogens (tertiary/aromatic N) is 1. The summed E-state index contributed by atoms with van der Waals surface area (Å²) in [4.78, 5) is 51.6. The predicted molar refractivity (Wildman–Crippen MR) is 152 cm³/mol. The molecule has 3 amide bonds. The molecule has 230 valence electrons. The molecule has 0 unspecified atom stereocenters. The highest BCUT2D eigenvalue weighted by Gasteiger charge is 2.32. The van der Waals surface area contributed by atoms with Crippen molar-refractivity contribution in [2.75, 3.05) is 39.0 Å². The number of ether oxygens (including phenoxy) is 1. The van der Waals surface area contributed by atoms with Crippen LogP contribution in [0.3, 0.4) is 0 Å². The first-order valence-electron chi connectivity index (χ1n) is 13.9. The van der Waals surface area contributed by atoms with E-state index in [9.17, 15) is 32.7 Å². The zero-order valence-electron chi connectivity index (χ0n) is 23.8. The van der Waals surface area contributed by atoms with Crippen LogP contribution in [0.5, 0.6) is 5.75 Å². The molecular weight excluding hydrogens is 554 g/mol. The number of hydrogen-bond acceptors (Lipinski definition) is 9. The molecule has 2 atom stereocenters. The fraction of sp³-hybridized carbons (Fsp3) is 0.630. The fourth-order valence-corrected chi connectivity index (χ4v) is 5.83. The highest BCUT2D eigenvalue weighted by Crippen LogP contribution is 2.19.